The van der Waals surface area contributed by atoms with E-state index >= 15 is 0 Å². The minimum Gasteiger partial charge on any atom is -0.452 e. The number of hydrogen-bond donors (Lipinski definition) is 0. The molecule has 0 saturated carbocycles. The van der Waals surface area contributed by atoms with Crippen LogP contribution in [0.3, 0.4) is 0 Å². The molecule has 0 bridgehead atoms. The molecular weight excluding hydrogens is 338 g/mol. The highest BCUT2D eigenvalue weighted by Crippen LogP contribution is 2.29. The van der Waals surface area contributed by atoms with Gasteiger partial charge in [-0.3, -0.25) is 14.9 Å². The Balaban J connectivity index is 1.77. The van der Waals surface area contributed by atoms with E-state index < -0.39 is 4.92 Å². The number of benzene rings is 1. The fraction of sp³-hybridized carbons (Fsp3) is 0.0714. The van der Waals surface area contributed by atoms with E-state index in [2.05, 4.69) is 10.2 Å². The number of aryl methyl sites for hydroxylation is 1. The number of hydrogen-bond acceptors (Lipinski definition) is 8. The first kappa shape index (κ1) is 15.4. The van der Waals surface area contributed by atoms with Gasteiger partial charge in [0, 0.05) is 17.7 Å². The van der Waals surface area contributed by atoms with Gasteiger partial charge in [0.15, 0.2) is 10.1 Å². The molecule has 0 spiro atoms. The number of aromatic nitrogens is 2. The predicted molar refractivity (Wildman–Crippen MR) is 85.6 cm³/mol. The predicted octanol–water partition coefficient (Wildman–Crippen LogP) is 3.95. The summed E-state index contributed by atoms with van der Waals surface area (Å²) >= 11 is 2.29. The van der Waals surface area contributed by atoms with Crippen molar-refractivity contribution in [3.8, 4) is 11.3 Å². The molecule has 23 heavy (non-hydrogen) atoms. The van der Waals surface area contributed by atoms with Crippen LogP contribution >= 0.6 is 23.1 Å². The molecular formula is C14H9N3O4S2. The van der Waals surface area contributed by atoms with Crippen molar-refractivity contribution in [3.63, 3.8) is 0 Å². The van der Waals surface area contributed by atoms with Crippen LogP contribution in [0, 0.1) is 17.0 Å². The number of rotatable bonds is 4. The van der Waals surface area contributed by atoms with Crippen LogP contribution in [0.4, 0.5) is 5.69 Å². The molecule has 3 rings (SSSR count). The van der Waals surface area contributed by atoms with E-state index in [0.717, 1.165) is 16.8 Å². The summed E-state index contributed by atoms with van der Waals surface area (Å²) in [5.74, 6) is 0.661. The topological polar surface area (TPSA) is 99.1 Å². The highest BCUT2D eigenvalue weighted by Gasteiger charge is 2.16. The maximum atomic E-state index is 12.1. The van der Waals surface area contributed by atoms with Crippen LogP contribution in [0.25, 0.3) is 11.3 Å². The number of nitro benzene ring substituents is 1. The highest BCUT2D eigenvalue weighted by atomic mass is 32.2. The Hall–Kier alpha value is -2.52. The molecule has 0 aliphatic carbocycles. The fourth-order valence-electron chi connectivity index (χ4n) is 1.80. The molecule has 0 N–H and O–H groups in total. The average molecular weight is 347 g/mol. The second kappa shape index (κ2) is 6.31. The second-order valence-corrected chi connectivity index (χ2v) is 6.85. The van der Waals surface area contributed by atoms with Gasteiger partial charge in [0.2, 0.25) is 0 Å². The molecule has 0 fully saturated rings. The van der Waals surface area contributed by atoms with Gasteiger partial charge in [0.1, 0.15) is 10.8 Å². The Morgan fingerprint density at radius 2 is 1.96 bits per heavy atom. The zero-order chi connectivity index (χ0) is 16.4. The molecule has 116 valence electrons. The van der Waals surface area contributed by atoms with Gasteiger partial charge in [0.25, 0.3) is 10.8 Å². The van der Waals surface area contributed by atoms with Crippen molar-refractivity contribution in [1.82, 2.24) is 10.2 Å². The quantitative estimate of drug-likeness (QED) is 0.400. The molecule has 2 aromatic heterocycles. The number of carbonyl (C=O) groups is 1. The smallest absolute Gasteiger partial charge is 0.269 e. The third-order valence-electron chi connectivity index (χ3n) is 2.86. The Morgan fingerprint density at radius 1 is 1.22 bits per heavy atom. The summed E-state index contributed by atoms with van der Waals surface area (Å²) in [6, 6.07) is 9.15. The number of nitrogens with zero attached hydrogens (tertiary/aromatic N) is 3. The van der Waals surface area contributed by atoms with Crippen LogP contribution in [0.15, 0.2) is 45.2 Å². The van der Waals surface area contributed by atoms with Crippen LogP contribution < -0.4 is 0 Å². The number of carbonyl (C=O) groups excluding carboxylic acids is 1. The van der Waals surface area contributed by atoms with E-state index in [1.54, 1.807) is 24.3 Å². The van der Waals surface area contributed by atoms with Crippen molar-refractivity contribution in [2.45, 2.75) is 11.3 Å². The van der Waals surface area contributed by atoms with Crippen molar-refractivity contribution in [3.05, 3.63) is 57.3 Å². The minimum absolute atomic E-state index is 0.00111. The summed E-state index contributed by atoms with van der Waals surface area (Å²) in [6.45, 7) is 1.81. The van der Waals surface area contributed by atoms with Gasteiger partial charge >= 0.3 is 0 Å². The zero-order valence-corrected chi connectivity index (χ0v) is 13.4. The summed E-state index contributed by atoms with van der Waals surface area (Å²) in [5.41, 5.74) is 0.658. The molecule has 3 aromatic rings. The normalized spacial score (nSPS) is 10.7. The van der Waals surface area contributed by atoms with Crippen molar-refractivity contribution in [2.75, 3.05) is 0 Å². The Morgan fingerprint density at radius 3 is 2.57 bits per heavy atom. The first-order chi connectivity index (χ1) is 11.0. The molecule has 7 nitrogen and oxygen atoms in total. The van der Waals surface area contributed by atoms with Crippen LogP contribution in [0.1, 0.15) is 15.6 Å². The first-order valence-corrected chi connectivity index (χ1v) is 8.03. The maximum Gasteiger partial charge on any atom is 0.269 e. The minimum atomic E-state index is -0.471. The largest absolute Gasteiger partial charge is 0.452 e. The first-order valence-electron chi connectivity index (χ1n) is 6.40. The van der Waals surface area contributed by atoms with Crippen LogP contribution in [0.2, 0.25) is 0 Å². The van der Waals surface area contributed by atoms with Crippen molar-refractivity contribution in [2.24, 2.45) is 0 Å². The highest BCUT2D eigenvalue weighted by molar-refractivity contribution is 8.15. The molecule has 0 radical (unpaired) electrons. The van der Waals surface area contributed by atoms with Gasteiger partial charge in [-0.25, -0.2) is 0 Å². The van der Waals surface area contributed by atoms with E-state index in [0.29, 0.717) is 15.7 Å². The number of thioether (sulfide) groups is 1. The molecule has 0 atom stereocenters. The summed E-state index contributed by atoms with van der Waals surface area (Å²) < 4.78 is 6.08. The molecule has 0 aliphatic heterocycles. The molecule has 0 amide bonds. The second-order valence-electron chi connectivity index (χ2n) is 4.44. The van der Waals surface area contributed by atoms with Crippen molar-refractivity contribution < 1.29 is 14.1 Å². The summed E-state index contributed by atoms with van der Waals surface area (Å²) in [5, 5.41) is 18.9. The molecule has 1 aromatic carbocycles. The van der Waals surface area contributed by atoms with Crippen molar-refractivity contribution in [1.29, 1.82) is 0 Å². The zero-order valence-electron chi connectivity index (χ0n) is 11.8. The lowest BCUT2D eigenvalue weighted by Crippen LogP contribution is -1.89. The van der Waals surface area contributed by atoms with Crippen LogP contribution in [0.5, 0.6) is 0 Å². The molecule has 0 saturated heterocycles. The molecule has 2 heterocycles. The number of furan rings is 1. The summed E-state index contributed by atoms with van der Waals surface area (Å²) in [7, 11) is 0. The number of nitro groups is 1. The third-order valence-corrected chi connectivity index (χ3v) is 4.63. The van der Waals surface area contributed by atoms with Gasteiger partial charge in [-0.05, 0) is 43.0 Å². The Kier molecular flexibility index (Phi) is 4.22. The van der Waals surface area contributed by atoms with Crippen molar-refractivity contribution >= 4 is 33.9 Å². The molecule has 9 heteroatoms. The lowest BCUT2D eigenvalue weighted by atomic mass is 10.1. The number of non-ortho nitro benzene ring substituents is 1. The van der Waals surface area contributed by atoms with E-state index in [4.69, 9.17) is 4.42 Å². The Labute approximate surface area is 138 Å². The van der Waals surface area contributed by atoms with Gasteiger partial charge in [-0.2, -0.15) is 0 Å². The maximum absolute atomic E-state index is 12.1. The summed E-state index contributed by atoms with van der Waals surface area (Å²) in [6.07, 6.45) is 0. The lowest BCUT2D eigenvalue weighted by molar-refractivity contribution is -0.384. The SMILES string of the molecule is Cc1nnc(SC(=O)c2ccc(-c3ccc([N+](=O)[O-])cc3)o2)s1. The van der Waals surface area contributed by atoms with Gasteiger partial charge in [-0.1, -0.05) is 11.3 Å². The van der Waals surface area contributed by atoms with E-state index in [1.165, 1.54) is 23.5 Å². The van der Waals surface area contributed by atoms with Gasteiger partial charge < -0.3 is 4.42 Å². The standard InChI is InChI=1S/C14H9N3O4S2/c1-8-15-16-14(22-8)23-13(18)12-7-6-11(21-12)9-2-4-10(5-3-9)17(19)20/h2-7H,1H3. The van der Waals surface area contributed by atoms with E-state index in [1.807, 2.05) is 6.92 Å². The monoisotopic (exact) mass is 347 g/mol. The lowest BCUT2D eigenvalue weighted by Gasteiger charge is -1.97. The molecule has 0 unspecified atom stereocenters. The molecule has 0 aliphatic rings. The van der Waals surface area contributed by atoms with Gasteiger partial charge in [0.05, 0.1) is 4.92 Å². The van der Waals surface area contributed by atoms with E-state index in [-0.39, 0.29) is 16.6 Å². The summed E-state index contributed by atoms with van der Waals surface area (Å²) in [4.78, 5) is 22.3. The fourth-order valence-corrected chi connectivity index (χ4v) is 3.42. The van der Waals surface area contributed by atoms with Crippen LogP contribution in [-0.4, -0.2) is 20.2 Å². The average Bonchev–Trinajstić information content (AvgIpc) is 3.16. The van der Waals surface area contributed by atoms with E-state index in [9.17, 15) is 14.9 Å². The van der Waals surface area contributed by atoms with Crippen LogP contribution in [-0.2, 0) is 0 Å². The Bertz CT molecular complexity index is 870. The van der Waals surface area contributed by atoms with Gasteiger partial charge in [-0.15, -0.1) is 10.2 Å². The third kappa shape index (κ3) is 3.46.